The zero-order valence-electron chi connectivity index (χ0n) is 10.7. The van der Waals surface area contributed by atoms with Crippen molar-refractivity contribution < 1.29 is 8.78 Å². The minimum atomic E-state index is -0.646. The largest absolute Gasteiger partial charge is 0.384 e. The van der Waals surface area contributed by atoms with Gasteiger partial charge < -0.3 is 10.6 Å². The Balaban J connectivity index is 2.31. The van der Waals surface area contributed by atoms with Crippen LogP contribution >= 0.6 is 11.8 Å². The normalized spacial score (nSPS) is 19.5. The van der Waals surface area contributed by atoms with Crippen LogP contribution in [0.2, 0.25) is 0 Å². The van der Waals surface area contributed by atoms with Gasteiger partial charge in [-0.3, -0.25) is 5.41 Å². The molecule has 1 aliphatic heterocycles. The van der Waals surface area contributed by atoms with Gasteiger partial charge in [0.05, 0.1) is 0 Å². The molecule has 0 radical (unpaired) electrons. The highest BCUT2D eigenvalue weighted by Gasteiger charge is 2.24. The van der Waals surface area contributed by atoms with Gasteiger partial charge in [-0.05, 0) is 18.6 Å². The molecule has 6 heteroatoms. The average molecular weight is 285 g/mol. The third-order valence-corrected chi connectivity index (χ3v) is 4.61. The highest BCUT2D eigenvalue weighted by atomic mass is 32.2. The molecule has 1 aromatic rings. The van der Waals surface area contributed by atoms with Crippen LogP contribution in [0, 0.1) is 17.0 Å². The monoisotopic (exact) mass is 285 g/mol. The molecule has 104 valence electrons. The van der Waals surface area contributed by atoms with Gasteiger partial charge in [-0.25, -0.2) is 8.78 Å². The summed E-state index contributed by atoms with van der Waals surface area (Å²) in [5.74, 6) is -0.754. The molecular weight excluding hydrogens is 268 g/mol. The first-order valence-corrected chi connectivity index (χ1v) is 7.27. The molecule has 3 nitrogen and oxygen atoms in total. The van der Waals surface area contributed by atoms with Crippen LogP contribution in [0.15, 0.2) is 12.1 Å². The average Bonchev–Trinajstić information content (AvgIpc) is 2.38. The fraction of sp³-hybridized carbons (Fsp3) is 0.462. The summed E-state index contributed by atoms with van der Waals surface area (Å²) in [6, 6.07) is 2.26. The Morgan fingerprint density at radius 3 is 2.63 bits per heavy atom. The van der Waals surface area contributed by atoms with E-state index in [9.17, 15) is 8.78 Å². The van der Waals surface area contributed by atoms with Crippen LogP contribution in [0.4, 0.5) is 14.5 Å². The van der Waals surface area contributed by atoms with Crippen LogP contribution in [0.5, 0.6) is 0 Å². The summed E-state index contributed by atoms with van der Waals surface area (Å²) in [5, 5.41) is 7.64. The zero-order chi connectivity index (χ0) is 14.0. The van der Waals surface area contributed by atoms with Crippen molar-refractivity contribution in [2.24, 2.45) is 5.73 Å². The summed E-state index contributed by atoms with van der Waals surface area (Å²) >= 11 is 1.84. The number of nitrogens with one attached hydrogen (secondary N) is 1. The summed E-state index contributed by atoms with van der Waals surface area (Å²) in [4.78, 5) is 1.75. The summed E-state index contributed by atoms with van der Waals surface area (Å²) in [5.41, 5.74) is 5.34. The Bertz CT molecular complexity index is 470. The number of anilines is 1. The van der Waals surface area contributed by atoms with Gasteiger partial charge >= 0.3 is 0 Å². The Hall–Kier alpha value is -1.30. The lowest BCUT2D eigenvalue weighted by molar-refractivity contribution is 0.567. The standard InChI is InChI=1S/C13H17F2N3S/c1-2-9-7-18(3-4-19-9)12-10(14)5-8(13(16)17)6-11(12)15/h5-6,9H,2-4,7H2,1H3,(H3,16,17). The van der Waals surface area contributed by atoms with Crippen LogP contribution < -0.4 is 10.6 Å². The molecule has 1 aromatic carbocycles. The molecule has 1 fully saturated rings. The Morgan fingerprint density at radius 1 is 1.47 bits per heavy atom. The maximum atomic E-state index is 14.0. The molecule has 1 aliphatic rings. The molecule has 0 bridgehead atoms. The van der Waals surface area contributed by atoms with E-state index in [-0.39, 0.29) is 17.1 Å². The van der Waals surface area contributed by atoms with E-state index >= 15 is 0 Å². The molecule has 1 heterocycles. The number of hydrogen-bond donors (Lipinski definition) is 2. The van der Waals surface area contributed by atoms with E-state index in [1.165, 1.54) is 0 Å². The van der Waals surface area contributed by atoms with Gasteiger partial charge in [0.25, 0.3) is 0 Å². The first-order chi connectivity index (χ1) is 9.02. The third-order valence-electron chi connectivity index (χ3n) is 3.24. The predicted octanol–water partition coefficient (Wildman–Crippen LogP) is 2.58. The van der Waals surface area contributed by atoms with Crippen molar-refractivity contribution in [3.05, 3.63) is 29.3 Å². The van der Waals surface area contributed by atoms with E-state index in [4.69, 9.17) is 11.1 Å². The smallest absolute Gasteiger partial charge is 0.150 e. The number of nitrogen functional groups attached to an aromatic ring is 1. The second-order valence-electron chi connectivity index (χ2n) is 4.55. The van der Waals surface area contributed by atoms with Crippen molar-refractivity contribution in [3.63, 3.8) is 0 Å². The maximum absolute atomic E-state index is 14.0. The Morgan fingerprint density at radius 2 is 2.11 bits per heavy atom. The van der Waals surface area contributed by atoms with E-state index in [2.05, 4.69) is 6.92 Å². The highest BCUT2D eigenvalue weighted by molar-refractivity contribution is 8.00. The number of amidine groups is 1. The number of nitrogens with zero attached hydrogens (tertiary/aromatic N) is 1. The fourth-order valence-electron chi connectivity index (χ4n) is 2.19. The van der Waals surface area contributed by atoms with Gasteiger partial charge in [0.15, 0.2) is 0 Å². The van der Waals surface area contributed by atoms with Crippen molar-refractivity contribution in [3.8, 4) is 0 Å². The molecule has 0 amide bonds. The third kappa shape index (κ3) is 3.00. The van der Waals surface area contributed by atoms with E-state index in [1.807, 2.05) is 11.8 Å². The van der Waals surface area contributed by atoms with Crippen LogP contribution in [-0.4, -0.2) is 29.9 Å². The minimum Gasteiger partial charge on any atom is -0.384 e. The molecule has 0 saturated carbocycles. The quantitative estimate of drug-likeness (QED) is 0.663. The fourth-order valence-corrected chi connectivity index (χ4v) is 3.37. The number of rotatable bonds is 3. The van der Waals surface area contributed by atoms with Crippen LogP contribution in [0.1, 0.15) is 18.9 Å². The molecule has 0 aromatic heterocycles. The Kier molecular flexibility index (Phi) is 4.29. The summed E-state index contributed by atoms with van der Waals surface area (Å²) < 4.78 is 28.1. The van der Waals surface area contributed by atoms with Gasteiger partial charge in [0.2, 0.25) is 0 Å². The molecule has 19 heavy (non-hydrogen) atoms. The SMILES string of the molecule is CCC1CN(c2c(F)cc(C(=N)N)cc2F)CCS1. The topological polar surface area (TPSA) is 53.1 Å². The summed E-state index contributed by atoms with van der Waals surface area (Å²) in [7, 11) is 0. The van der Waals surface area contributed by atoms with Crippen molar-refractivity contribution >= 4 is 23.3 Å². The summed E-state index contributed by atoms with van der Waals surface area (Å²) in [6.45, 7) is 3.36. The molecule has 3 N–H and O–H groups in total. The first kappa shape index (κ1) is 14.1. The lowest BCUT2D eigenvalue weighted by Crippen LogP contribution is -2.38. The number of thioether (sulfide) groups is 1. The van der Waals surface area contributed by atoms with Crippen molar-refractivity contribution in [1.29, 1.82) is 5.41 Å². The zero-order valence-corrected chi connectivity index (χ0v) is 11.6. The second-order valence-corrected chi connectivity index (χ2v) is 5.96. The first-order valence-electron chi connectivity index (χ1n) is 6.23. The number of halogens is 2. The van der Waals surface area contributed by atoms with Crippen molar-refractivity contribution in [1.82, 2.24) is 0 Å². The Labute approximate surface area is 115 Å². The predicted molar refractivity (Wildman–Crippen MR) is 76.1 cm³/mol. The van der Waals surface area contributed by atoms with Crippen LogP contribution in [0.25, 0.3) is 0 Å². The summed E-state index contributed by atoms with van der Waals surface area (Å²) in [6.07, 6.45) is 0.982. The highest BCUT2D eigenvalue weighted by Crippen LogP contribution is 2.30. The van der Waals surface area contributed by atoms with Gasteiger partial charge in [0, 0.05) is 29.7 Å². The number of nitrogens with two attached hydrogens (primary N) is 1. The molecular formula is C13H17F2N3S. The second kappa shape index (κ2) is 5.77. The number of benzene rings is 1. The van der Waals surface area contributed by atoms with Crippen LogP contribution in [-0.2, 0) is 0 Å². The van der Waals surface area contributed by atoms with Crippen LogP contribution in [0.3, 0.4) is 0 Å². The van der Waals surface area contributed by atoms with Gasteiger partial charge in [-0.15, -0.1) is 0 Å². The van der Waals surface area contributed by atoms with Gasteiger partial charge in [-0.2, -0.15) is 11.8 Å². The van der Waals surface area contributed by atoms with E-state index < -0.39 is 11.6 Å². The molecule has 2 rings (SSSR count). The molecule has 1 unspecified atom stereocenters. The van der Waals surface area contributed by atoms with Crippen molar-refractivity contribution in [2.45, 2.75) is 18.6 Å². The molecule has 1 saturated heterocycles. The van der Waals surface area contributed by atoms with Gasteiger partial charge in [-0.1, -0.05) is 6.92 Å². The van der Waals surface area contributed by atoms with E-state index in [0.717, 1.165) is 24.3 Å². The molecule has 0 spiro atoms. The minimum absolute atomic E-state index is 0.00347. The lowest BCUT2D eigenvalue weighted by atomic mass is 10.1. The van der Waals surface area contributed by atoms with Gasteiger partial charge in [0.1, 0.15) is 23.2 Å². The number of hydrogen-bond acceptors (Lipinski definition) is 3. The molecule has 1 atom stereocenters. The molecule has 0 aliphatic carbocycles. The lowest BCUT2D eigenvalue weighted by Gasteiger charge is -2.34. The van der Waals surface area contributed by atoms with E-state index in [1.54, 1.807) is 4.90 Å². The van der Waals surface area contributed by atoms with Crippen molar-refractivity contribution in [2.75, 3.05) is 23.7 Å². The van der Waals surface area contributed by atoms with E-state index in [0.29, 0.717) is 18.3 Å². The maximum Gasteiger partial charge on any atom is 0.150 e.